The molecule has 332 valence electrons. The van der Waals surface area contributed by atoms with Crippen molar-refractivity contribution in [1.29, 1.82) is 0 Å². The largest absolute Gasteiger partial charge is 0.458 e. The van der Waals surface area contributed by atoms with Crippen molar-refractivity contribution in [1.82, 2.24) is 13.7 Å². The minimum atomic E-state index is -0.0897. The van der Waals surface area contributed by atoms with E-state index in [2.05, 4.69) is 223 Å². The number of hydrogen-bond acceptors (Lipinski definition) is 3. The molecule has 6 nitrogen and oxygen atoms in total. The summed E-state index contributed by atoms with van der Waals surface area (Å²) in [5.41, 5.74) is 18.3. The first-order valence-corrected chi connectivity index (χ1v) is 24.6. The Labute approximate surface area is 406 Å². The Morgan fingerprint density at radius 1 is 0.394 bits per heavy atom. The molecule has 0 aliphatic carbocycles. The molecule has 17 rings (SSSR count). The zero-order valence-corrected chi connectivity index (χ0v) is 39.0. The van der Waals surface area contributed by atoms with Gasteiger partial charge in [0.25, 0.3) is 6.71 Å². The lowest BCUT2D eigenvalue weighted by atomic mass is 9.34. The number of aromatic nitrogens is 3. The molecule has 2 aliphatic heterocycles. The fourth-order valence-electron chi connectivity index (χ4n) is 12.9. The number of nitrogens with zero attached hydrogens (tertiary/aromatic N) is 3. The summed E-state index contributed by atoms with van der Waals surface area (Å²) in [4.78, 5) is 0. The molecule has 0 saturated heterocycles. The summed E-state index contributed by atoms with van der Waals surface area (Å²) in [6.07, 6.45) is 0. The van der Waals surface area contributed by atoms with Crippen LogP contribution in [0.3, 0.4) is 0 Å². The minimum absolute atomic E-state index is 0.0440. The van der Waals surface area contributed by atoms with Gasteiger partial charge >= 0.3 is 0 Å². The Balaban J connectivity index is 0.998. The average molecular weight is 910 g/mol. The highest BCUT2D eigenvalue weighted by Crippen LogP contribution is 2.48. The van der Waals surface area contributed by atoms with Crippen molar-refractivity contribution in [2.24, 2.45) is 0 Å². The first-order chi connectivity index (χ1) is 34.9. The van der Waals surface area contributed by atoms with Crippen molar-refractivity contribution >= 4 is 132 Å². The van der Waals surface area contributed by atoms with E-state index >= 15 is 0 Å². The standard InChI is InChI=1S/C64H40BN3O3/c1-64(2,3)35-23-27-46-57(31-35)69-56-22-12-21-53-60(56)65(46)47-34-45-44-33-37(67-50-19-10-6-15-40(50)41-16-7-11-20-51(41)67)25-30-55(44)71-63(45)59-58-52(68(53)61(47)59)28-26-42-43-32-36(24-29-54(43)70-62(42)58)66-48-17-8-4-13-38(48)39-14-5-9-18-49(39)66/h4-34H,1-3H3. The van der Waals surface area contributed by atoms with Crippen molar-refractivity contribution in [3.8, 4) is 28.6 Å². The second-order valence-electron chi connectivity index (χ2n) is 20.8. The van der Waals surface area contributed by atoms with Crippen molar-refractivity contribution in [3.05, 3.63) is 194 Å². The lowest BCUT2D eigenvalue weighted by Gasteiger charge is -2.34. The Kier molecular flexibility index (Phi) is 6.97. The lowest BCUT2D eigenvalue weighted by molar-refractivity contribution is 0.483. The maximum Gasteiger partial charge on any atom is 0.256 e. The third-order valence-corrected chi connectivity index (χ3v) is 16.0. The minimum Gasteiger partial charge on any atom is -0.458 e. The maximum atomic E-state index is 7.26. The Morgan fingerprint density at radius 3 is 1.55 bits per heavy atom. The zero-order chi connectivity index (χ0) is 46.6. The van der Waals surface area contributed by atoms with Gasteiger partial charge in [-0.1, -0.05) is 118 Å². The molecule has 71 heavy (non-hydrogen) atoms. The van der Waals surface area contributed by atoms with Gasteiger partial charge in [0.1, 0.15) is 33.8 Å². The van der Waals surface area contributed by atoms with E-state index in [4.69, 9.17) is 13.6 Å². The summed E-state index contributed by atoms with van der Waals surface area (Å²) < 4.78 is 28.7. The molecule has 0 unspecified atom stereocenters. The Bertz CT molecular complexity index is 4810. The van der Waals surface area contributed by atoms with Crippen LogP contribution in [0.4, 0.5) is 0 Å². The molecule has 0 N–H and O–H groups in total. The number of fused-ring (bicyclic) bond motifs is 21. The quantitative estimate of drug-likeness (QED) is 0.162. The summed E-state index contributed by atoms with van der Waals surface area (Å²) in [6, 6.07) is 68.6. The molecule has 0 radical (unpaired) electrons. The molecule has 5 aromatic heterocycles. The van der Waals surface area contributed by atoms with E-state index in [1.807, 2.05) is 0 Å². The summed E-state index contributed by atoms with van der Waals surface area (Å²) in [5.74, 6) is 1.80. The third kappa shape index (κ3) is 4.78. The van der Waals surface area contributed by atoms with Crippen molar-refractivity contribution < 1.29 is 13.6 Å². The second-order valence-corrected chi connectivity index (χ2v) is 20.8. The SMILES string of the molecule is CC(C)(C)c1ccc2c(c1)Oc1cccc3c1B2c1cc2c4cc(-n5c6ccccc6c6ccccc65)ccc4oc2c2c4c5oc6ccc(-n7c8ccccc8c8ccccc87)cc6c5ccc4n-3c12. The molecule has 0 spiro atoms. The molecule has 15 aromatic rings. The van der Waals surface area contributed by atoms with Gasteiger partial charge in [-0.15, -0.1) is 0 Å². The number of furan rings is 2. The number of hydrogen-bond donors (Lipinski definition) is 0. The van der Waals surface area contributed by atoms with Gasteiger partial charge in [-0.25, -0.2) is 0 Å². The van der Waals surface area contributed by atoms with Gasteiger partial charge in [0, 0.05) is 60.2 Å². The predicted octanol–water partition coefficient (Wildman–Crippen LogP) is 15.0. The third-order valence-electron chi connectivity index (χ3n) is 16.0. The van der Waals surface area contributed by atoms with Gasteiger partial charge in [0.05, 0.1) is 43.9 Å². The van der Waals surface area contributed by atoms with Crippen LogP contribution in [0.2, 0.25) is 0 Å². The molecule has 0 atom stereocenters. The van der Waals surface area contributed by atoms with Gasteiger partial charge < -0.3 is 27.3 Å². The molecule has 0 amide bonds. The van der Waals surface area contributed by atoms with Crippen LogP contribution in [0.1, 0.15) is 26.3 Å². The van der Waals surface area contributed by atoms with E-state index in [0.29, 0.717) is 0 Å². The molecular formula is C64H40BN3O3. The average Bonchev–Trinajstić information content (AvgIpc) is 4.21. The van der Waals surface area contributed by atoms with E-state index in [0.717, 1.165) is 94.2 Å². The number of rotatable bonds is 2. The molecule has 0 saturated carbocycles. The Morgan fingerprint density at radius 2 is 0.958 bits per heavy atom. The molecule has 7 heteroatoms. The van der Waals surface area contributed by atoms with Crippen molar-refractivity contribution in [3.63, 3.8) is 0 Å². The maximum absolute atomic E-state index is 7.26. The van der Waals surface area contributed by atoms with Crippen LogP contribution in [0.25, 0.3) is 126 Å². The fourth-order valence-corrected chi connectivity index (χ4v) is 12.9. The monoisotopic (exact) mass is 909 g/mol. The highest BCUT2D eigenvalue weighted by molar-refractivity contribution is 6.99. The molecule has 0 bridgehead atoms. The summed E-state index contributed by atoms with van der Waals surface area (Å²) in [6.45, 7) is 6.71. The Hall–Kier alpha value is -8.94. The van der Waals surface area contributed by atoms with Crippen LogP contribution >= 0.6 is 0 Å². The van der Waals surface area contributed by atoms with E-state index in [9.17, 15) is 0 Å². The fraction of sp³-hybridized carbons (Fsp3) is 0.0625. The normalized spacial score (nSPS) is 13.4. The van der Waals surface area contributed by atoms with E-state index in [-0.39, 0.29) is 12.1 Å². The first kappa shape index (κ1) is 38.0. The molecule has 7 heterocycles. The highest BCUT2D eigenvalue weighted by atomic mass is 16.5. The summed E-state index contributed by atoms with van der Waals surface area (Å²) in [7, 11) is 0. The van der Waals surface area contributed by atoms with E-state index < -0.39 is 0 Å². The summed E-state index contributed by atoms with van der Waals surface area (Å²) in [5, 5.41) is 11.3. The smallest absolute Gasteiger partial charge is 0.256 e. The number of para-hydroxylation sites is 4. The number of ether oxygens (including phenoxy) is 1. The van der Waals surface area contributed by atoms with Crippen molar-refractivity contribution in [2.45, 2.75) is 26.2 Å². The summed E-state index contributed by atoms with van der Waals surface area (Å²) >= 11 is 0. The van der Waals surface area contributed by atoms with E-state index in [1.54, 1.807) is 0 Å². The van der Waals surface area contributed by atoms with Gasteiger partial charge in [-0.2, -0.15) is 0 Å². The zero-order valence-electron chi connectivity index (χ0n) is 39.0. The highest BCUT2D eigenvalue weighted by Gasteiger charge is 2.42. The van der Waals surface area contributed by atoms with Gasteiger partial charge in [0.15, 0.2) is 0 Å². The molecule has 10 aromatic carbocycles. The van der Waals surface area contributed by atoms with E-state index in [1.165, 1.54) is 65.6 Å². The molecule has 2 aliphatic rings. The van der Waals surface area contributed by atoms with Gasteiger partial charge in [-0.3, -0.25) is 0 Å². The van der Waals surface area contributed by atoms with Gasteiger partial charge in [0.2, 0.25) is 0 Å². The van der Waals surface area contributed by atoms with Crippen LogP contribution in [0.5, 0.6) is 11.5 Å². The molecule has 0 fully saturated rings. The van der Waals surface area contributed by atoms with Crippen LogP contribution < -0.4 is 21.1 Å². The van der Waals surface area contributed by atoms with Gasteiger partial charge in [-0.05, 0) is 118 Å². The number of benzene rings is 10. The topological polar surface area (TPSA) is 50.3 Å². The second kappa shape index (κ2) is 13.0. The molecular weight excluding hydrogens is 870 g/mol. The van der Waals surface area contributed by atoms with Crippen molar-refractivity contribution in [2.75, 3.05) is 0 Å². The van der Waals surface area contributed by atoms with Crippen LogP contribution in [0.15, 0.2) is 197 Å². The van der Waals surface area contributed by atoms with Crippen LogP contribution in [0, 0.1) is 0 Å². The lowest BCUT2D eigenvalue weighted by Crippen LogP contribution is -2.58. The first-order valence-electron chi connectivity index (χ1n) is 24.6. The van der Waals surface area contributed by atoms with Crippen LogP contribution in [-0.4, -0.2) is 20.4 Å². The predicted molar refractivity (Wildman–Crippen MR) is 294 cm³/mol. The van der Waals surface area contributed by atoms with Crippen LogP contribution in [-0.2, 0) is 5.41 Å².